The van der Waals surface area contributed by atoms with E-state index in [-0.39, 0.29) is 18.1 Å². The fraction of sp³-hybridized carbons (Fsp3) is 0.370. The zero-order valence-corrected chi connectivity index (χ0v) is 20.4. The Morgan fingerprint density at radius 3 is 2.06 bits per heavy atom. The van der Waals surface area contributed by atoms with Crippen molar-refractivity contribution in [3.63, 3.8) is 0 Å². The van der Waals surface area contributed by atoms with Crippen LogP contribution >= 0.6 is 0 Å². The van der Waals surface area contributed by atoms with E-state index in [9.17, 15) is 4.79 Å². The Morgan fingerprint density at radius 1 is 1.06 bits per heavy atom. The van der Waals surface area contributed by atoms with Gasteiger partial charge in [-0.2, -0.15) is 0 Å². The maximum Gasteiger partial charge on any atom is 0.330 e. The van der Waals surface area contributed by atoms with Crippen molar-refractivity contribution in [3.8, 4) is 0 Å². The van der Waals surface area contributed by atoms with Gasteiger partial charge in [0, 0.05) is 12.5 Å². The van der Waals surface area contributed by atoms with E-state index in [1.807, 2.05) is 36.4 Å². The number of carbonyl (C=O) groups is 1. The fourth-order valence-electron chi connectivity index (χ4n) is 4.51. The molecular formula is C27H33FO3Si. The van der Waals surface area contributed by atoms with Gasteiger partial charge in [-0.1, -0.05) is 93.6 Å². The van der Waals surface area contributed by atoms with Crippen LogP contribution < -0.4 is 10.4 Å². The maximum atomic E-state index is 15.0. The summed E-state index contributed by atoms with van der Waals surface area (Å²) < 4.78 is 27.2. The highest BCUT2D eigenvalue weighted by Gasteiger charge is 2.52. The van der Waals surface area contributed by atoms with Gasteiger partial charge in [-0.15, -0.1) is 0 Å². The van der Waals surface area contributed by atoms with Crippen molar-refractivity contribution >= 4 is 24.7 Å². The number of halogens is 1. The third-order valence-electron chi connectivity index (χ3n) is 6.05. The summed E-state index contributed by atoms with van der Waals surface area (Å²) in [5, 5.41) is 2.02. The maximum absolute atomic E-state index is 15.0. The van der Waals surface area contributed by atoms with Crippen molar-refractivity contribution in [2.24, 2.45) is 0 Å². The Balaban J connectivity index is 2.10. The number of benzene rings is 2. The molecule has 3 rings (SSSR count). The lowest BCUT2D eigenvalue weighted by molar-refractivity contribution is -0.137. The van der Waals surface area contributed by atoms with Gasteiger partial charge in [-0.3, -0.25) is 0 Å². The monoisotopic (exact) mass is 452 g/mol. The van der Waals surface area contributed by atoms with Crippen molar-refractivity contribution in [2.75, 3.05) is 6.61 Å². The summed E-state index contributed by atoms with van der Waals surface area (Å²) in [6, 6.07) is 20.5. The minimum Gasteiger partial charge on any atom is -0.463 e. The highest BCUT2D eigenvalue weighted by atomic mass is 28.4. The van der Waals surface area contributed by atoms with Gasteiger partial charge in [-0.25, -0.2) is 9.18 Å². The second-order valence-electron chi connectivity index (χ2n) is 9.28. The van der Waals surface area contributed by atoms with Crippen LogP contribution in [0.5, 0.6) is 0 Å². The number of ether oxygens (including phenoxy) is 1. The second-order valence-corrected chi connectivity index (χ2v) is 13.5. The van der Waals surface area contributed by atoms with Gasteiger partial charge in [0.25, 0.3) is 8.32 Å². The number of hydrogen-bond acceptors (Lipinski definition) is 3. The first kappa shape index (κ1) is 24.1. The normalized spacial score (nSPS) is 20.9. The highest BCUT2D eigenvalue weighted by Crippen LogP contribution is 2.41. The second kappa shape index (κ2) is 9.97. The number of rotatable bonds is 6. The van der Waals surface area contributed by atoms with Crippen molar-refractivity contribution in [3.05, 3.63) is 84.5 Å². The van der Waals surface area contributed by atoms with Gasteiger partial charge >= 0.3 is 5.97 Å². The molecule has 0 aromatic heterocycles. The van der Waals surface area contributed by atoms with Crippen LogP contribution in [0.25, 0.3) is 0 Å². The summed E-state index contributed by atoms with van der Waals surface area (Å²) in [7, 11) is -2.86. The van der Waals surface area contributed by atoms with Crippen LogP contribution in [0.2, 0.25) is 5.04 Å². The zero-order chi connectivity index (χ0) is 23.4. The molecule has 1 aliphatic rings. The lowest BCUT2D eigenvalue weighted by Gasteiger charge is -2.46. The molecule has 1 saturated carbocycles. The number of esters is 1. The van der Waals surface area contributed by atoms with Crippen LogP contribution in [0, 0.1) is 0 Å². The molecule has 0 heterocycles. The highest BCUT2D eigenvalue weighted by molar-refractivity contribution is 6.99. The van der Waals surface area contributed by atoms with Crippen LogP contribution in [0.4, 0.5) is 4.39 Å². The Kier molecular flexibility index (Phi) is 7.52. The van der Waals surface area contributed by atoms with E-state index in [1.165, 1.54) is 6.08 Å². The Morgan fingerprint density at radius 2 is 1.59 bits per heavy atom. The predicted molar refractivity (Wildman–Crippen MR) is 130 cm³/mol. The molecule has 0 N–H and O–H groups in total. The molecule has 0 bridgehead atoms. The van der Waals surface area contributed by atoms with E-state index in [0.717, 1.165) is 10.4 Å². The van der Waals surface area contributed by atoms with Crippen LogP contribution in [0.3, 0.4) is 0 Å². The van der Waals surface area contributed by atoms with Crippen molar-refractivity contribution < 1.29 is 18.3 Å². The van der Waals surface area contributed by atoms with Gasteiger partial charge in [0.2, 0.25) is 0 Å². The van der Waals surface area contributed by atoms with Gasteiger partial charge < -0.3 is 9.16 Å². The molecule has 1 aliphatic carbocycles. The molecule has 0 saturated heterocycles. The first-order chi connectivity index (χ1) is 15.2. The standard InChI is InChI=1S/C27H33FO3Si/c1-6-30-26(29)19-21-17-24(28)20(2)25(18-21)31-32(27(3,4)5,22-13-9-7-10-14-22)23-15-11-8-12-16-23/h7-16,19,24-25H,2,6,17-18H2,1,3-5H3/b21-19+/t24-,25-/m0/s1. The first-order valence-electron chi connectivity index (χ1n) is 11.2. The van der Waals surface area contributed by atoms with Crippen molar-refractivity contribution in [1.29, 1.82) is 0 Å². The van der Waals surface area contributed by atoms with Crippen LogP contribution in [0.1, 0.15) is 40.5 Å². The van der Waals surface area contributed by atoms with Gasteiger partial charge in [0.15, 0.2) is 0 Å². The number of hydrogen-bond donors (Lipinski definition) is 0. The summed E-state index contributed by atoms with van der Waals surface area (Å²) in [6.45, 7) is 12.7. The first-order valence-corrected chi connectivity index (χ1v) is 13.1. The summed E-state index contributed by atoms with van der Waals surface area (Å²) in [4.78, 5) is 12.0. The van der Waals surface area contributed by atoms with Crippen LogP contribution in [-0.4, -0.2) is 33.2 Å². The smallest absolute Gasteiger partial charge is 0.330 e. The van der Waals surface area contributed by atoms with E-state index >= 15 is 4.39 Å². The summed E-state index contributed by atoms with van der Waals surface area (Å²) in [5.74, 6) is -0.439. The molecule has 0 radical (unpaired) electrons. The minimum absolute atomic E-state index is 0.151. The molecule has 0 aliphatic heterocycles. The lowest BCUT2D eigenvalue weighted by atomic mass is 9.87. The average Bonchev–Trinajstić information content (AvgIpc) is 2.75. The van der Waals surface area contributed by atoms with Gasteiger partial charge in [0.05, 0.1) is 12.7 Å². The predicted octanol–water partition coefficient (Wildman–Crippen LogP) is 5.11. The molecule has 32 heavy (non-hydrogen) atoms. The molecule has 170 valence electrons. The summed E-state index contributed by atoms with van der Waals surface area (Å²) >= 11 is 0. The minimum atomic E-state index is -2.86. The quantitative estimate of drug-likeness (QED) is 0.264. The molecule has 0 spiro atoms. The Bertz CT molecular complexity index is 924. The third-order valence-corrected chi connectivity index (χ3v) is 11.1. The van der Waals surface area contributed by atoms with Crippen LogP contribution in [0.15, 0.2) is 84.5 Å². The Labute approximate surface area is 192 Å². The molecule has 2 aromatic carbocycles. The molecule has 2 aromatic rings. The van der Waals surface area contributed by atoms with Crippen molar-refractivity contribution in [2.45, 2.75) is 57.9 Å². The molecule has 2 atom stereocenters. The molecular weight excluding hydrogens is 419 g/mol. The topological polar surface area (TPSA) is 35.5 Å². The van der Waals surface area contributed by atoms with Crippen molar-refractivity contribution in [1.82, 2.24) is 0 Å². The number of alkyl halides is 1. The molecule has 1 fully saturated rings. The summed E-state index contributed by atoms with van der Waals surface area (Å²) in [6.07, 6.45) is 0.226. The van der Waals surface area contributed by atoms with E-state index < -0.39 is 26.6 Å². The Hall–Kier alpha value is -2.50. The van der Waals surface area contributed by atoms with E-state index in [0.29, 0.717) is 17.6 Å². The van der Waals surface area contributed by atoms with E-state index in [1.54, 1.807) is 6.92 Å². The van der Waals surface area contributed by atoms with E-state index in [2.05, 4.69) is 51.6 Å². The lowest BCUT2D eigenvalue weighted by Crippen LogP contribution is -2.68. The summed E-state index contributed by atoms with van der Waals surface area (Å²) in [5.41, 5.74) is 1.14. The van der Waals surface area contributed by atoms with Crippen LogP contribution in [-0.2, 0) is 14.0 Å². The number of carbonyl (C=O) groups excluding carboxylic acids is 1. The fourth-order valence-corrected chi connectivity index (χ4v) is 9.18. The SMILES string of the molecule is C=C1[C@@H](O[Si](c2ccccc2)(c2ccccc2)C(C)(C)C)C/C(=C/C(=O)OCC)C[C@@H]1F. The van der Waals surface area contributed by atoms with Gasteiger partial charge in [0.1, 0.15) is 6.17 Å². The molecule has 0 unspecified atom stereocenters. The van der Waals surface area contributed by atoms with Gasteiger partial charge in [-0.05, 0) is 34.3 Å². The van der Waals surface area contributed by atoms with E-state index in [4.69, 9.17) is 9.16 Å². The molecule has 5 heteroatoms. The average molecular weight is 453 g/mol. The molecule has 3 nitrogen and oxygen atoms in total. The zero-order valence-electron chi connectivity index (χ0n) is 19.4. The largest absolute Gasteiger partial charge is 0.463 e. The third kappa shape index (κ3) is 4.94. The molecule has 0 amide bonds.